The van der Waals surface area contributed by atoms with Gasteiger partial charge >= 0.3 is 0 Å². The second kappa shape index (κ2) is 16.2. The van der Waals surface area contributed by atoms with Gasteiger partial charge in [-0.2, -0.15) is 0 Å². The third-order valence-electron chi connectivity index (χ3n) is 7.69. The van der Waals surface area contributed by atoms with E-state index in [0.29, 0.717) is 17.0 Å². The van der Waals surface area contributed by atoms with Gasteiger partial charge in [0.05, 0.1) is 30.7 Å². The van der Waals surface area contributed by atoms with Crippen LogP contribution < -0.4 is 9.62 Å². The summed E-state index contributed by atoms with van der Waals surface area (Å²) in [6.45, 7) is 4.97. The molecule has 0 aliphatic heterocycles. The Labute approximate surface area is 296 Å². The number of rotatable bonds is 13. The van der Waals surface area contributed by atoms with Crippen LogP contribution in [-0.4, -0.2) is 43.8 Å². The Morgan fingerprint density at radius 2 is 1.40 bits per heavy atom. The average molecular weight is 736 g/mol. The summed E-state index contributed by atoms with van der Waals surface area (Å²) in [4.78, 5) is 29.9. The first kappa shape index (κ1) is 36.6. The monoisotopic (exact) mass is 733 g/mol. The number of nitrogens with zero attached hydrogens (tertiary/aromatic N) is 2. The highest BCUT2D eigenvalue weighted by atomic mass is 35.5. The van der Waals surface area contributed by atoms with E-state index in [0.717, 1.165) is 15.4 Å². The van der Waals surface area contributed by atoms with Crippen molar-refractivity contribution in [3.63, 3.8) is 0 Å². The molecule has 0 saturated heterocycles. The highest BCUT2D eigenvalue weighted by molar-refractivity contribution is 7.92. The summed E-state index contributed by atoms with van der Waals surface area (Å²) in [5.74, 6) is -1.00. The molecule has 0 aliphatic carbocycles. The van der Waals surface area contributed by atoms with Crippen molar-refractivity contribution in [2.75, 3.05) is 10.8 Å². The van der Waals surface area contributed by atoms with Crippen LogP contribution in [-0.2, 0) is 32.6 Å². The van der Waals surface area contributed by atoms with Gasteiger partial charge in [-0.15, -0.1) is 0 Å². The molecule has 0 heterocycles. The summed E-state index contributed by atoms with van der Waals surface area (Å²) in [7, 11) is -4.30. The van der Waals surface area contributed by atoms with E-state index in [1.54, 1.807) is 30.3 Å². The molecule has 0 aliphatic rings. The van der Waals surface area contributed by atoms with E-state index in [-0.39, 0.29) is 50.6 Å². The number of amides is 2. The van der Waals surface area contributed by atoms with Crippen LogP contribution in [0.3, 0.4) is 0 Å². The second-order valence-electron chi connectivity index (χ2n) is 11.2. The van der Waals surface area contributed by atoms with Crippen molar-refractivity contribution in [1.29, 1.82) is 0 Å². The minimum absolute atomic E-state index is 0.0200. The van der Waals surface area contributed by atoms with Gasteiger partial charge in [0, 0.05) is 19.0 Å². The quantitative estimate of drug-likeness (QED) is 0.150. The number of aryl methyl sites for hydroxylation is 1. The first-order valence-corrected chi connectivity index (χ1v) is 17.9. The Hall–Kier alpha value is -3.27. The molecular formula is C35H35Cl4N3O4S. The molecule has 0 spiro atoms. The lowest BCUT2D eigenvalue weighted by molar-refractivity contribution is -0.140. The van der Waals surface area contributed by atoms with Gasteiger partial charge in [0.1, 0.15) is 12.6 Å². The van der Waals surface area contributed by atoms with Crippen molar-refractivity contribution >= 4 is 73.9 Å². The van der Waals surface area contributed by atoms with Gasteiger partial charge in [0.2, 0.25) is 11.8 Å². The number of hydrogen-bond acceptors (Lipinski definition) is 4. The number of hydrogen-bond donors (Lipinski definition) is 1. The third kappa shape index (κ3) is 9.42. The lowest BCUT2D eigenvalue weighted by Gasteiger charge is -2.34. The third-order valence-corrected chi connectivity index (χ3v) is 11.0. The SMILES string of the molecule is CC[C@@H](C)NC(=O)[C@@H](Cc1ccccc1)N(Cc1ccc(Cl)c(Cl)c1)C(=O)CN(c1ccc(Cl)c(Cl)c1)S(=O)(=O)c1ccc(C)cc1. The summed E-state index contributed by atoms with van der Waals surface area (Å²) in [5, 5.41) is 3.95. The highest BCUT2D eigenvalue weighted by Crippen LogP contribution is 2.31. The molecule has 0 saturated carbocycles. The van der Waals surface area contributed by atoms with Gasteiger partial charge in [0.25, 0.3) is 10.0 Å². The number of sulfonamides is 1. The number of carbonyl (C=O) groups excluding carboxylic acids is 2. The Balaban J connectivity index is 1.84. The van der Waals surface area contributed by atoms with E-state index in [1.165, 1.54) is 35.2 Å². The number of benzene rings is 4. The van der Waals surface area contributed by atoms with Crippen molar-refractivity contribution in [3.8, 4) is 0 Å². The number of halogens is 4. The summed E-state index contributed by atoms with van der Waals surface area (Å²) in [6, 6.07) is 23.7. The molecule has 2 amide bonds. The molecule has 0 aromatic heterocycles. The molecule has 0 radical (unpaired) electrons. The maximum atomic E-state index is 14.6. The van der Waals surface area contributed by atoms with E-state index in [9.17, 15) is 18.0 Å². The molecule has 4 rings (SSSR count). The molecule has 1 N–H and O–H groups in total. The fraction of sp³-hybridized carbons (Fsp3) is 0.257. The molecule has 0 unspecified atom stereocenters. The Kier molecular flexibility index (Phi) is 12.6. The van der Waals surface area contributed by atoms with E-state index in [2.05, 4.69) is 5.32 Å². The first-order chi connectivity index (χ1) is 22.3. The molecule has 12 heteroatoms. The van der Waals surface area contributed by atoms with Crippen molar-refractivity contribution in [3.05, 3.63) is 128 Å². The molecular weight excluding hydrogens is 700 g/mol. The molecule has 4 aromatic carbocycles. The van der Waals surface area contributed by atoms with Crippen LogP contribution in [0.25, 0.3) is 0 Å². The van der Waals surface area contributed by atoms with Gasteiger partial charge in [-0.25, -0.2) is 8.42 Å². The molecule has 7 nitrogen and oxygen atoms in total. The zero-order valence-corrected chi connectivity index (χ0v) is 29.9. The van der Waals surface area contributed by atoms with Crippen LogP contribution in [0, 0.1) is 6.92 Å². The summed E-state index contributed by atoms with van der Waals surface area (Å²) in [6.07, 6.45) is 0.845. The van der Waals surface area contributed by atoms with Crippen molar-refractivity contribution < 1.29 is 18.0 Å². The van der Waals surface area contributed by atoms with Crippen molar-refractivity contribution in [2.45, 2.75) is 57.1 Å². The van der Waals surface area contributed by atoms with Crippen LogP contribution in [0.2, 0.25) is 20.1 Å². The maximum Gasteiger partial charge on any atom is 0.264 e. The molecule has 2 atom stereocenters. The minimum atomic E-state index is -4.30. The lowest BCUT2D eigenvalue weighted by atomic mass is 10.0. The van der Waals surface area contributed by atoms with Gasteiger partial charge < -0.3 is 10.2 Å². The fourth-order valence-electron chi connectivity index (χ4n) is 4.84. The largest absolute Gasteiger partial charge is 0.352 e. The number of carbonyl (C=O) groups is 2. The van der Waals surface area contributed by atoms with Crippen LogP contribution in [0.4, 0.5) is 5.69 Å². The molecule has 4 aromatic rings. The molecule has 0 fully saturated rings. The topological polar surface area (TPSA) is 86.8 Å². The minimum Gasteiger partial charge on any atom is -0.352 e. The van der Waals surface area contributed by atoms with E-state index in [4.69, 9.17) is 46.4 Å². The Bertz CT molecular complexity index is 1820. The van der Waals surface area contributed by atoms with E-state index < -0.39 is 28.5 Å². The maximum absolute atomic E-state index is 14.6. The van der Waals surface area contributed by atoms with E-state index in [1.807, 2.05) is 51.1 Å². The zero-order chi connectivity index (χ0) is 34.3. The smallest absolute Gasteiger partial charge is 0.264 e. The van der Waals surface area contributed by atoms with Gasteiger partial charge in [-0.3, -0.25) is 13.9 Å². The second-order valence-corrected chi connectivity index (χ2v) is 14.7. The van der Waals surface area contributed by atoms with Crippen molar-refractivity contribution in [2.24, 2.45) is 0 Å². The van der Waals surface area contributed by atoms with Gasteiger partial charge in [-0.1, -0.05) is 107 Å². The normalized spacial score (nSPS) is 12.7. The van der Waals surface area contributed by atoms with Crippen molar-refractivity contribution in [1.82, 2.24) is 10.2 Å². The van der Waals surface area contributed by atoms with Gasteiger partial charge in [0.15, 0.2) is 0 Å². The zero-order valence-electron chi connectivity index (χ0n) is 26.1. The standard InChI is InChI=1S/C35H35Cl4N3O4S/c1-4-24(3)40-35(44)33(19-25-8-6-5-7-9-25)41(21-26-12-16-29(36)31(38)18-26)34(43)22-42(27-13-17-30(37)32(39)20-27)47(45,46)28-14-10-23(2)11-15-28/h5-18,20,24,33H,4,19,21-22H2,1-3H3,(H,40,44)/t24-,33-/m1/s1. The Morgan fingerprint density at radius 3 is 2.00 bits per heavy atom. The molecule has 248 valence electrons. The van der Waals surface area contributed by atoms with Crippen LogP contribution in [0.15, 0.2) is 95.9 Å². The van der Waals surface area contributed by atoms with Crippen LogP contribution >= 0.6 is 46.4 Å². The number of anilines is 1. The predicted molar refractivity (Wildman–Crippen MR) is 191 cm³/mol. The van der Waals surface area contributed by atoms with Gasteiger partial charge in [-0.05, 0) is 73.9 Å². The fourth-order valence-corrected chi connectivity index (χ4v) is 6.86. The summed E-state index contributed by atoms with van der Waals surface area (Å²) < 4.78 is 29.4. The van der Waals surface area contributed by atoms with Crippen LogP contribution in [0.1, 0.15) is 37.0 Å². The van der Waals surface area contributed by atoms with E-state index >= 15 is 0 Å². The average Bonchev–Trinajstić information content (AvgIpc) is 3.05. The first-order valence-electron chi connectivity index (χ1n) is 14.9. The number of nitrogens with one attached hydrogen (secondary N) is 1. The highest BCUT2D eigenvalue weighted by Gasteiger charge is 2.35. The molecule has 0 bridgehead atoms. The van der Waals surface area contributed by atoms with Crippen LogP contribution in [0.5, 0.6) is 0 Å². The molecule has 47 heavy (non-hydrogen) atoms. The summed E-state index contributed by atoms with van der Waals surface area (Å²) >= 11 is 25.0. The lowest BCUT2D eigenvalue weighted by Crippen LogP contribution is -2.54. The summed E-state index contributed by atoms with van der Waals surface area (Å²) in [5.41, 5.74) is 2.42. The Morgan fingerprint density at radius 1 is 0.787 bits per heavy atom. The predicted octanol–water partition coefficient (Wildman–Crippen LogP) is 8.36.